The second kappa shape index (κ2) is 5.35. The molecule has 0 radical (unpaired) electrons. The van der Waals surface area contributed by atoms with E-state index in [0.717, 1.165) is 16.4 Å². The second-order valence-electron chi connectivity index (χ2n) is 4.64. The average Bonchev–Trinajstić information content (AvgIpc) is 2.38. The normalized spacial score (nSPS) is 20.8. The van der Waals surface area contributed by atoms with E-state index in [0.29, 0.717) is 12.8 Å². The fourth-order valence-electron chi connectivity index (χ4n) is 2.17. The minimum atomic E-state index is -4.04. The number of nitrogen functional groups attached to an aromatic ring is 1. The number of anilines is 1. The van der Waals surface area contributed by atoms with Crippen molar-refractivity contribution in [3.63, 3.8) is 0 Å². The number of aliphatic hydroxyl groups excluding tert-OH is 1. The van der Waals surface area contributed by atoms with Crippen LogP contribution in [0.4, 0.5) is 11.4 Å². The van der Waals surface area contributed by atoms with Crippen LogP contribution >= 0.6 is 0 Å². The zero-order valence-corrected chi connectivity index (χ0v) is 11.4. The Kier molecular flexibility index (Phi) is 3.93. The highest BCUT2D eigenvalue weighted by Crippen LogP contribution is 2.30. The van der Waals surface area contributed by atoms with Crippen LogP contribution in [0.1, 0.15) is 12.8 Å². The number of piperidine rings is 1. The van der Waals surface area contributed by atoms with E-state index in [9.17, 15) is 23.6 Å². The molecule has 1 saturated heterocycles. The van der Waals surface area contributed by atoms with E-state index in [1.807, 2.05) is 0 Å². The zero-order chi connectivity index (χ0) is 14.9. The van der Waals surface area contributed by atoms with Crippen molar-refractivity contribution in [2.45, 2.75) is 23.8 Å². The largest absolute Gasteiger partial charge is 0.399 e. The molecule has 0 amide bonds. The highest BCUT2D eigenvalue weighted by Gasteiger charge is 2.34. The predicted octanol–water partition coefficient (Wildman–Crippen LogP) is 0.322. The summed E-state index contributed by atoms with van der Waals surface area (Å²) in [5.41, 5.74) is 5.14. The topological polar surface area (TPSA) is 127 Å². The van der Waals surface area contributed by atoms with E-state index in [1.54, 1.807) is 0 Å². The smallest absolute Gasteiger partial charge is 0.289 e. The van der Waals surface area contributed by atoms with Crippen LogP contribution in [0.25, 0.3) is 0 Å². The quantitative estimate of drug-likeness (QED) is 0.470. The van der Waals surface area contributed by atoms with Gasteiger partial charge in [-0.1, -0.05) is 0 Å². The summed E-state index contributed by atoms with van der Waals surface area (Å²) in [6.07, 6.45) is 0.278. The first kappa shape index (κ1) is 14.7. The number of sulfonamides is 1. The van der Waals surface area contributed by atoms with E-state index >= 15 is 0 Å². The van der Waals surface area contributed by atoms with Crippen LogP contribution in [0.2, 0.25) is 0 Å². The molecule has 0 aliphatic carbocycles. The van der Waals surface area contributed by atoms with Crippen molar-refractivity contribution in [1.82, 2.24) is 4.31 Å². The Hall–Kier alpha value is -1.71. The Balaban J connectivity index is 2.48. The number of rotatable bonds is 3. The first-order valence-electron chi connectivity index (χ1n) is 6.04. The fourth-order valence-corrected chi connectivity index (χ4v) is 3.87. The van der Waals surface area contributed by atoms with Crippen molar-refractivity contribution in [2.24, 2.45) is 0 Å². The van der Waals surface area contributed by atoms with Gasteiger partial charge in [0.05, 0.1) is 11.0 Å². The molecule has 0 aromatic heterocycles. The summed E-state index contributed by atoms with van der Waals surface area (Å²) in [6.45, 7) is 0.166. The standard InChI is InChI=1S/C11H15N3O5S/c12-8-3-4-10(14(16)17)11(6-8)20(18,19)13-5-1-2-9(15)7-13/h3-4,6,9,15H,1-2,5,7,12H2. The van der Waals surface area contributed by atoms with Gasteiger partial charge < -0.3 is 10.8 Å². The molecule has 3 N–H and O–H groups in total. The lowest BCUT2D eigenvalue weighted by Crippen LogP contribution is -2.42. The van der Waals surface area contributed by atoms with E-state index in [-0.39, 0.29) is 18.8 Å². The Morgan fingerprint density at radius 3 is 2.75 bits per heavy atom. The summed E-state index contributed by atoms with van der Waals surface area (Å²) in [4.78, 5) is 9.77. The molecule has 1 heterocycles. The molecule has 8 nitrogen and oxygen atoms in total. The van der Waals surface area contributed by atoms with Gasteiger partial charge >= 0.3 is 0 Å². The summed E-state index contributed by atoms with van der Waals surface area (Å²) < 4.78 is 26.0. The third kappa shape index (κ3) is 2.74. The molecule has 1 aliphatic rings. The van der Waals surface area contributed by atoms with Crippen molar-refractivity contribution < 1.29 is 18.4 Å². The molecule has 110 valence electrons. The predicted molar refractivity (Wildman–Crippen MR) is 71.5 cm³/mol. The van der Waals surface area contributed by atoms with Crippen LogP contribution in [-0.4, -0.2) is 41.9 Å². The number of hydrogen-bond acceptors (Lipinski definition) is 6. The summed E-state index contributed by atoms with van der Waals surface area (Å²) >= 11 is 0. The molecule has 9 heteroatoms. The van der Waals surface area contributed by atoms with Crippen LogP contribution in [0.3, 0.4) is 0 Å². The molecule has 1 aromatic rings. The fraction of sp³-hybridized carbons (Fsp3) is 0.455. The van der Waals surface area contributed by atoms with E-state index in [2.05, 4.69) is 0 Å². The molecule has 1 unspecified atom stereocenters. The van der Waals surface area contributed by atoms with Crippen LogP contribution in [0.5, 0.6) is 0 Å². The zero-order valence-electron chi connectivity index (χ0n) is 10.6. The molecule has 0 bridgehead atoms. The van der Waals surface area contributed by atoms with Gasteiger partial charge in [-0.05, 0) is 25.0 Å². The Morgan fingerprint density at radius 2 is 2.15 bits per heavy atom. The van der Waals surface area contributed by atoms with Crippen molar-refractivity contribution in [2.75, 3.05) is 18.8 Å². The third-order valence-corrected chi connectivity index (χ3v) is 5.05. The van der Waals surface area contributed by atoms with Crippen LogP contribution < -0.4 is 5.73 Å². The van der Waals surface area contributed by atoms with Crippen molar-refractivity contribution in [3.8, 4) is 0 Å². The maximum atomic E-state index is 12.5. The molecule has 20 heavy (non-hydrogen) atoms. The number of nitrogens with zero attached hydrogens (tertiary/aromatic N) is 2. The third-order valence-electron chi connectivity index (χ3n) is 3.16. The van der Waals surface area contributed by atoms with Gasteiger partial charge in [-0.15, -0.1) is 0 Å². The molecule has 0 spiro atoms. The minimum Gasteiger partial charge on any atom is -0.399 e. The number of nitro groups is 1. The summed E-state index contributed by atoms with van der Waals surface area (Å²) in [5, 5.41) is 20.5. The number of nitrogens with two attached hydrogens (primary N) is 1. The van der Waals surface area contributed by atoms with Gasteiger partial charge in [-0.25, -0.2) is 8.42 Å². The van der Waals surface area contributed by atoms with Gasteiger partial charge in [-0.3, -0.25) is 10.1 Å². The summed E-state index contributed by atoms with van der Waals surface area (Å²) in [7, 11) is -4.04. The lowest BCUT2D eigenvalue weighted by atomic mass is 10.1. The van der Waals surface area contributed by atoms with Crippen molar-refractivity contribution in [3.05, 3.63) is 28.3 Å². The van der Waals surface area contributed by atoms with Gasteiger partial charge in [0.1, 0.15) is 0 Å². The Labute approximate surface area is 116 Å². The Bertz CT molecular complexity index is 631. The Morgan fingerprint density at radius 1 is 1.45 bits per heavy atom. The van der Waals surface area contributed by atoms with Crippen molar-refractivity contribution in [1.29, 1.82) is 0 Å². The van der Waals surface area contributed by atoms with E-state index < -0.39 is 31.6 Å². The summed E-state index contributed by atoms with van der Waals surface area (Å²) in [6, 6.07) is 3.43. The lowest BCUT2D eigenvalue weighted by Gasteiger charge is -2.29. The van der Waals surface area contributed by atoms with Gasteiger partial charge in [-0.2, -0.15) is 4.31 Å². The highest BCUT2D eigenvalue weighted by molar-refractivity contribution is 7.89. The van der Waals surface area contributed by atoms with Gasteiger partial charge in [0.25, 0.3) is 5.69 Å². The van der Waals surface area contributed by atoms with E-state index in [1.165, 1.54) is 6.07 Å². The van der Waals surface area contributed by atoms with Crippen molar-refractivity contribution >= 4 is 21.4 Å². The summed E-state index contributed by atoms with van der Waals surface area (Å²) in [5.74, 6) is 0. The monoisotopic (exact) mass is 301 g/mol. The van der Waals surface area contributed by atoms with Gasteiger partial charge in [0, 0.05) is 24.8 Å². The molecule has 1 fully saturated rings. The van der Waals surface area contributed by atoms with Crippen LogP contribution in [0, 0.1) is 10.1 Å². The molecular weight excluding hydrogens is 286 g/mol. The highest BCUT2D eigenvalue weighted by atomic mass is 32.2. The number of β-amino-alcohol motifs (C(OH)–C–C–N with tert-alkyl or cyclic N) is 1. The molecule has 1 atom stereocenters. The van der Waals surface area contributed by atoms with Crippen LogP contribution in [0.15, 0.2) is 23.1 Å². The second-order valence-corrected chi connectivity index (χ2v) is 6.55. The maximum Gasteiger partial charge on any atom is 0.289 e. The first-order valence-corrected chi connectivity index (χ1v) is 7.48. The van der Waals surface area contributed by atoms with E-state index in [4.69, 9.17) is 5.73 Å². The molecule has 1 aromatic carbocycles. The SMILES string of the molecule is Nc1ccc([N+](=O)[O-])c(S(=O)(=O)N2CCCC(O)C2)c1. The minimum absolute atomic E-state index is 0.0612. The van der Waals surface area contributed by atoms with Gasteiger partial charge in [0.2, 0.25) is 10.0 Å². The van der Waals surface area contributed by atoms with Gasteiger partial charge in [0.15, 0.2) is 4.90 Å². The molecule has 2 rings (SSSR count). The van der Waals surface area contributed by atoms with Crippen LogP contribution in [-0.2, 0) is 10.0 Å². The molecule has 0 saturated carbocycles. The maximum absolute atomic E-state index is 12.5. The number of hydrogen-bond donors (Lipinski definition) is 2. The number of aliphatic hydroxyl groups is 1. The first-order chi connectivity index (χ1) is 9.32. The average molecular weight is 301 g/mol. The number of benzene rings is 1. The molecule has 1 aliphatic heterocycles. The number of nitro benzene ring substituents is 1. The molecular formula is C11H15N3O5S. The lowest BCUT2D eigenvalue weighted by molar-refractivity contribution is -0.387.